The van der Waals surface area contributed by atoms with Gasteiger partial charge in [0.15, 0.2) is 0 Å². The minimum absolute atomic E-state index is 0.191. The number of benzene rings is 1. The summed E-state index contributed by atoms with van der Waals surface area (Å²) in [6.45, 7) is 1.98. The maximum atomic E-state index is 13.0. The monoisotopic (exact) mass is 383 g/mol. The van der Waals surface area contributed by atoms with E-state index < -0.39 is 17.2 Å². The van der Waals surface area contributed by atoms with Crippen LogP contribution in [0.5, 0.6) is 0 Å². The Morgan fingerprint density at radius 1 is 1.25 bits per heavy atom. The van der Waals surface area contributed by atoms with Crippen molar-refractivity contribution in [2.45, 2.75) is 25.4 Å². The number of furan rings is 1. The Kier molecular flexibility index (Phi) is 4.87. The van der Waals surface area contributed by atoms with Crippen LogP contribution in [0, 0.1) is 0 Å². The van der Waals surface area contributed by atoms with E-state index in [0.717, 1.165) is 31.7 Å². The smallest absolute Gasteiger partial charge is 0.337 e. The van der Waals surface area contributed by atoms with Gasteiger partial charge < -0.3 is 14.1 Å². The minimum Gasteiger partial charge on any atom is -0.468 e. The van der Waals surface area contributed by atoms with E-state index in [2.05, 4.69) is 9.88 Å². The van der Waals surface area contributed by atoms with Gasteiger partial charge in [0.2, 0.25) is 0 Å². The lowest BCUT2D eigenvalue weighted by atomic mass is 10.1. The SMILES string of the molecule is COC(=O)c1ccc2c(=O)n(C[C@@H](c3ccco3)N3CCCC3)c(=O)[nH]c2c1. The van der Waals surface area contributed by atoms with E-state index in [1.54, 1.807) is 12.3 Å². The number of nitrogens with one attached hydrogen (secondary N) is 1. The van der Waals surface area contributed by atoms with Crippen molar-refractivity contribution in [2.75, 3.05) is 20.2 Å². The van der Waals surface area contributed by atoms with Crippen LogP contribution in [-0.4, -0.2) is 40.6 Å². The van der Waals surface area contributed by atoms with Gasteiger partial charge in [-0.25, -0.2) is 9.59 Å². The molecule has 0 amide bonds. The molecule has 1 aromatic carbocycles. The Hall–Kier alpha value is -3.13. The van der Waals surface area contributed by atoms with Crippen LogP contribution in [-0.2, 0) is 11.3 Å². The number of ether oxygens (including phenoxy) is 1. The van der Waals surface area contributed by atoms with Crippen molar-refractivity contribution in [3.05, 3.63) is 68.8 Å². The van der Waals surface area contributed by atoms with Crippen LogP contribution in [0.15, 0.2) is 50.6 Å². The van der Waals surface area contributed by atoms with Crippen LogP contribution in [0.2, 0.25) is 0 Å². The van der Waals surface area contributed by atoms with Gasteiger partial charge in [0.25, 0.3) is 5.56 Å². The number of likely N-dealkylation sites (tertiary alicyclic amines) is 1. The van der Waals surface area contributed by atoms with Crippen LogP contribution in [0.4, 0.5) is 0 Å². The molecule has 1 N–H and O–H groups in total. The zero-order valence-electron chi connectivity index (χ0n) is 15.5. The van der Waals surface area contributed by atoms with Crippen molar-refractivity contribution in [3.8, 4) is 0 Å². The van der Waals surface area contributed by atoms with E-state index in [4.69, 9.17) is 9.15 Å². The van der Waals surface area contributed by atoms with E-state index in [1.807, 2.05) is 6.07 Å². The molecule has 0 bridgehead atoms. The summed E-state index contributed by atoms with van der Waals surface area (Å²) in [4.78, 5) is 42.3. The number of rotatable bonds is 5. The quantitative estimate of drug-likeness (QED) is 0.676. The topological polar surface area (TPSA) is 97.5 Å². The fraction of sp³-hybridized carbons (Fsp3) is 0.350. The molecule has 1 aliphatic rings. The molecule has 0 spiro atoms. The van der Waals surface area contributed by atoms with Crippen molar-refractivity contribution in [1.82, 2.24) is 14.5 Å². The number of carbonyl (C=O) groups excluding carboxylic acids is 1. The van der Waals surface area contributed by atoms with E-state index in [9.17, 15) is 14.4 Å². The largest absolute Gasteiger partial charge is 0.468 e. The van der Waals surface area contributed by atoms with Gasteiger partial charge in [-0.1, -0.05) is 0 Å². The number of nitrogens with zero attached hydrogens (tertiary/aromatic N) is 2. The number of fused-ring (bicyclic) bond motifs is 1. The van der Waals surface area contributed by atoms with Crippen LogP contribution < -0.4 is 11.2 Å². The van der Waals surface area contributed by atoms with Gasteiger partial charge in [-0.05, 0) is 56.3 Å². The first-order chi connectivity index (χ1) is 13.6. The van der Waals surface area contributed by atoms with Gasteiger partial charge in [0.1, 0.15) is 5.76 Å². The van der Waals surface area contributed by atoms with Crippen LogP contribution in [0.25, 0.3) is 10.9 Å². The molecule has 3 aromatic rings. The molecule has 0 unspecified atom stereocenters. The fourth-order valence-corrected chi connectivity index (χ4v) is 3.76. The number of aromatic amines is 1. The summed E-state index contributed by atoms with van der Waals surface area (Å²) >= 11 is 0. The summed E-state index contributed by atoms with van der Waals surface area (Å²) in [7, 11) is 1.28. The molecule has 2 aromatic heterocycles. The molecule has 28 heavy (non-hydrogen) atoms. The van der Waals surface area contributed by atoms with Crippen molar-refractivity contribution in [3.63, 3.8) is 0 Å². The average Bonchev–Trinajstić information content (AvgIpc) is 3.41. The van der Waals surface area contributed by atoms with Crippen LogP contribution in [0.3, 0.4) is 0 Å². The molecule has 0 saturated carbocycles. The lowest BCUT2D eigenvalue weighted by Crippen LogP contribution is -2.40. The Balaban J connectivity index is 1.76. The van der Waals surface area contributed by atoms with Gasteiger partial charge in [-0.3, -0.25) is 14.3 Å². The van der Waals surface area contributed by atoms with Crippen molar-refractivity contribution in [1.29, 1.82) is 0 Å². The second-order valence-electron chi connectivity index (χ2n) is 6.87. The van der Waals surface area contributed by atoms with Crippen molar-refractivity contribution >= 4 is 16.9 Å². The highest BCUT2D eigenvalue weighted by Crippen LogP contribution is 2.26. The molecular formula is C20H21N3O5. The lowest BCUT2D eigenvalue weighted by molar-refractivity contribution is 0.0601. The summed E-state index contributed by atoms with van der Waals surface area (Å²) < 4.78 is 11.5. The van der Waals surface area contributed by atoms with Gasteiger partial charge in [0, 0.05) is 0 Å². The minimum atomic E-state index is -0.529. The molecule has 8 heteroatoms. The summed E-state index contributed by atoms with van der Waals surface area (Å²) in [5, 5.41) is 0.340. The van der Waals surface area contributed by atoms with E-state index in [1.165, 1.54) is 29.9 Å². The average molecular weight is 383 g/mol. The molecule has 0 radical (unpaired) electrons. The number of aromatic nitrogens is 2. The highest BCUT2D eigenvalue weighted by atomic mass is 16.5. The van der Waals surface area contributed by atoms with Crippen LogP contribution in [0.1, 0.15) is 35.0 Å². The number of methoxy groups -OCH3 is 1. The van der Waals surface area contributed by atoms with E-state index >= 15 is 0 Å². The normalized spacial score (nSPS) is 15.8. The van der Waals surface area contributed by atoms with Gasteiger partial charge in [0.05, 0.1) is 42.4 Å². The van der Waals surface area contributed by atoms with Crippen molar-refractivity contribution in [2.24, 2.45) is 0 Å². The van der Waals surface area contributed by atoms with Gasteiger partial charge >= 0.3 is 11.7 Å². The summed E-state index contributed by atoms with van der Waals surface area (Å²) in [6.07, 6.45) is 3.76. The third kappa shape index (κ3) is 3.27. The summed E-state index contributed by atoms with van der Waals surface area (Å²) in [5.41, 5.74) is -0.334. The molecule has 0 aliphatic carbocycles. The van der Waals surface area contributed by atoms with Crippen molar-refractivity contribution < 1.29 is 13.9 Å². The molecule has 1 atom stereocenters. The highest BCUT2D eigenvalue weighted by molar-refractivity contribution is 5.93. The molecule has 1 aliphatic heterocycles. The zero-order chi connectivity index (χ0) is 19.7. The maximum absolute atomic E-state index is 13.0. The molecule has 1 fully saturated rings. The Morgan fingerprint density at radius 3 is 2.71 bits per heavy atom. The number of hydrogen-bond acceptors (Lipinski definition) is 6. The Morgan fingerprint density at radius 2 is 2.04 bits per heavy atom. The summed E-state index contributed by atoms with van der Waals surface area (Å²) in [5.74, 6) is 0.202. The third-order valence-electron chi connectivity index (χ3n) is 5.21. The van der Waals surface area contributed by atoms with E-state index in [0.29, 0.717) is 10.9 Å². The fourth-order valence-electron chi connectivity index (χ4n) is 3.76. The summed E-state index contributed by atoms with van der Waals surface area (Å²) in [6, 6.07) is 7.99. The highest BCUT2D eigenvalue weighted by Gasteiger charge is 2.27. The zero-order valence-corrected chi connectivity index (χ0v) is 15.5. The second-order valence-corrected chi connectivity index (χ2v) is 6.87. The Labute approximate surface area is 160 Å². The van der Waals surface area contributed by atoms with Gasteiger partial charge in [-0.2, -0.15) is 0 Å². The first-order valence-electron chi connectivity index (χ1n) is 9.21. The van der Waals surface area contributed by atoms with E-state index in [-0.39, 0.29) is 18.2 Å². The molecule has 8 nitrogen and oxygen atoms in total. The van der Waals surface area contributed by atoms with Gasteiger partial charge in [-0.15, -0.1) is 0 Å². The number of esters is 1. The molecule has 3 heterocycles. The predicted octanol–water partition coefficient (Wildman–Crippen LogP) is 1.91. The Bertz CT molecular complexity index is 1110. The number of hydrogen-bond donors (Lipinski definition) is 1. The first-order valence-corrected chi connectivity index (χ1v) is 9.21. The molecule has 1 saturated heterocycles. The molecular weight excluding hydrogens is 362 g/mol. The lowest BCUT2D eigenvalue weighted by Gasteiger charge is -2.26. The van der Waals surface area contributed by atoms with Crippen LogP contribution >= 0.6 is 0 Å². The number of carbonyl (C=O) groups is 1. The maximum Gasteiger partial charge on any atom is 0.337 e. The predicted molar refractivity (Wildman–Crippen MR) is 102 cm³/mol. The standard InChI is InChI=1S/C20H21N3O5/c1-27-19(25)13-6-7-14-15(11-13)21-20(26)23(18(14)24)12-16(17-5-4-10-28-17)22-8-2-3-9-22/h4-7,10-11,16H,2-3,8-9,12H2,1H3,(H,21,26)/t16-/m0/s1. The first kappa shape index (κ1) is 18.2. The molecule has 146 valence electrons. The second kappa shape index (κ2) is 7.47. The number of H-pyrrole nitrogens is 1. The molecule has 4 rings (SSSR count). The third-order valence-corrected chi connectivity index (χ3v) is 5.21.